The number of H-pyrrole nitrogens is 1. The second-order valence-corrected chi connectivity index (χ2v) is 8.01. The average molecular weight is 412 g/mol. The molecule has 2 aromatic carbocycles. The number of amides is 2. The van der Waals surface area contributed by atoms with Crippen molar-refractivity contribution < 1.29 is 14.0 Å². The van der Waals surface area contributed by atoms with Crippen LogP contribution in [-0.4, -0.2) is 46.2 Å². The SMILES string of the molecule is CN1C(=O)C[C@@H](N2CCc3c([nH]c4ccccc34)[C@@H]2c2c(F)cccc2Cl)C1=O. The number of benzene rings is 2. The Bertz CT molecular complexity index is 1140. The highest BCUT2D eigenvalue weighted by atomic mass is 35.5. The van der Waals surface area contributed by atoms with E-state index in [4.69, 9.17) is 11.6 Å². The van der Waals surface area contributed by atoms with Crippen molar-refractivity contribution in [3.8, 4) is 0 Å². The molecule has 0 saturated carbocycles. The summed E-state index contributed by atoms with van der Waals surface area (Å²) in [5.74, 6) is -0.906. The Balaban J connectivity index is 1.72. The zero-order valence-electron chi connectivity index (χ0n) is 15.8. The van der Waals surface area contributed by atoms with E-state index in [9.17, 15) is 9.59 Å². The molecule has 5 nitrogen and oxygen atoms in total. The topological polar surface area (TPSA) is 56.4 Å². The smallest absolute Gasteiger partial charge is 0.246 e. The number of likely N-dealkylation sites (tertiary alicyclic amines) is 1. The van der Waals surface area contributed by atoms with Gasteiger partial charge in [-0.15, -0.1) is 0 Å². The van der Waals surface area contributed by atoms with Crippen molar-refractivity contribution in [1.29, 1.82) is 0 Å². The molecule has 7 heteroatoms. The fourth-order valence-electron chi connectivity index (χ4n) is 4.67. The van der Waals surface area contributed by atoms with Crippen molar-refractivity contribution >= 4 is 34.3 Å². The van der Waals surface area contributed by atoms with E-state index in [0.717, 1.165) is 27.1 Å². The van der Waals surface area contributed by atoms with Crippen LogP contribution >= 0.6 is 11.6 Å². The summed E-state index contributed by atoms with van der Waals surface area (Å²) in [5.41, 5.74) is 3.23. The summed E-state index contributed by atoms with van der Waals surface area (Å²) in [6, 6.07) is 11.3. The Morgan fingerprint density at radius 3 is 2.66 bits per heavy atom. The second kappa shape index (κ2) is 6.68. The van der Waals surface area contributed by atoms with E-state index in [-0.39, 0.29) is 18.2 Å². The molecule has 148 valence electrons. The Morgan fingerprint density at radius 1 is 1.14 bits per heavy atom. The third-order valence-electron chi connectivity index (χ3n) is 6.10. The lowest BCUT2D eigenvalue weighted by Crippen LogP contribution is -2.47. The van der Waals surface area contributed by atoms with Crippen molar-refractivity contribution in [3.05, 3.63) is 70.1 Å². The highest BCUT2D eigenvalue weighted by molar-refractivity contribution is 6.31. The molecule has 2 amide bonds. The molecule has 3 heterocycles. The van der Waals surface area contributed by atoms with E-state index in [1.165, 1.54) is 13.1 Å². The van der Waals surface area contributed by atoms with Crippen LogP contribution in [0, 0.1) is 5.82 Å². The highest BCUT2D eigenvalue weighted by Gasteiger charge is 2.46. The van der Waals surface area contributed by atoms with E-state index < -0.39 is 17.9 Å². The fraction of sp³-hybridized carbons (Fsp3) is 0.273. The number of hydrogen-bond acceptors (Lipinski definition) is 3. The van der Waals surface area contributed by atoms with Crippen LogP contribution in [0.3, 0.4) is 0 Å². The monoisotopic (exact) mass is 411 g/mol. The first kappa shape index (κ1) is 18.3. The number of nitrogens with zero attached hydrogens (tertiary/aromatic N) is 2. The van der Waals surface area contributed by atoms with E-state index in [1.54, 1.807) is 12.1 Å². The van der Waals surface area contributed by atoms with Gasteiger partial charge in [0.05, 0.1) is 18.5 Å². The number of halogens is 2. The van der Waals surface area contributed by atoms with Crippen LogP contribution in [0.1, 0.15) is 29.3 Å². The molecule has 1 saturated heterocycles. The van der Waals surface area contributed by atoms with Gasteiger partial charge in [-0.3, -0.25) is 19.4 Å². The normalized spacial score (nSPS) is 22.5. The predicted molar refractivity (Wildman–Crippen MR) is 108 cm³/mol. The van der Waals surface area contributed by atoms with Crippen LogP contribution in [-0.2, 0) is 16.0 Å². The van der Waals surface area contributed by atoms with E-state index in [2.05, 4.69) is 4.98 Å². The maximum atomic E-state index is 15.0. The number of imide groups is 1. The number of aromatic amines is 1. The molecule has 0 unspecified atom stereocenters. The van der Waals surface area contributed by atoms with Crippen LogP contribution in [0.15, 0.2) is 42.5 Å². The molecular formula is C22H19ClFN3O2. The van der Waals surface area contributed by atoms with Crippen LogP contribution in [0.25, 0.3) is 10.9 Å². The number of para-hydroxylation sites is 1. The average Bonchev–Trinajstić information content (AvgIpc) is 3.21. The molecule has 2 aliphatic heterocycles. The maximum Gasteiger partial charge on any atom is 0.246 e. The summed E-state index contributed by atoms with van der Waals surface area (Å²) < 4.78 is 15.0. The minimum absolute atomic E-state index is 0.0907. The number of fused-ring (bicyclic) bond motifs is 3. The predicted octanol–water partition coefficient (Wildman–Crippen LogP) is 3.67. The molecular weight excluding hydrogens is 393 g/mol. The number of rotatable bonds is 2. The Labute approximate surface area is 172 Å². The lowest BCUT2D eigenvalue weighted by Gasteiger charge is -2.39. The Morgan fingerprint density at radius 2 is 1.93 bits per heavy atom. The number of aromatic nitrogens is 1. The van der Waals surface area contributed by atoms with E-state index >= 15 is 4.39 Å². The Hall–Kier alpha value is -2.70. The number of nitrogens with one attached hydrogen (secondary N) is 1. The molecule has 0 bridgehead atoms. The zero-order chi connectivity index (χ0) is 20.3. The zero-order valence-corrected chi connectivity index (χ0v) is 16.5. The number of likely N-dealkylation sites (N-methyl/N-ethyl adjacent to an activating group) is 1. The van der Waals surface area contributed by atoms with Gasteiger partial charge in [0.1, 0.15) is 5.82 Å². The van der Waals surface area contributed by atoms with Gasteiger partial charge in [0, 0.05) is 40.8 Å². The van der Waals surface area contributed by atoms with Crippen molar-refractivity contribution in [2.24, 2.45) is 0 Å². The van der Waals surface area contributed by atoms with Gasteiger partial charge in [-0.1, -0.05) is 35.9 Å². The summed E-state index contributed by atoms with van der Waals surface area (Å²) >= 11 is 6.45. The highest BCUT2D eigenvalue weighted by Crippen LogP contribution is 2.43. The van der Waals surface area contributed by atoms with Gasteiger partial charge in [0.15, 0.2) is 0 Å². The van der Waals surface area contributed by atoms with Crippen LogP contribution in [0.4, 0.5) is 4.39 Å². The summed E-state index contributed by atoms with van der Waals surface area (Å²) in [6.07, 6.45) is 0.789. The van der Waals surface area contributed by atoms with Gasteiger partial charge < -0.3 is 4.98 Å². The maximum absolute atomic E-state index is 15.0. The lowest BCUT2D eigenvalue weighted by molar-refractivity contribution is -0.138. The number of carbonyl (C=O) groups is 2. The molecule has 2 atom stereocenters. The van der Waals surface area contributed by atoms with Gasteiger partial charge in [-0.2, -0.15) is 0 Å². The Kier molecular flexibility index (Phi) is 4.22. The van der Waals surface area contributed by atoms with Crippen molar-refractivity contribution in [3.63, 3.8) is 0 Å². The van der Waals surface area contributed by atoms with Gasteiger partial charge in [0.25, 0.3) is 0 Å². The van der Waals surface area contributed by atoms with Gasteiger partial charge in [-0.25, -0.2) is 4.39 Å². The molecule has 0 aliphatic carbocycles. The fourth-order valence-corrected chi connectivity index (χ4v) is 4.94. The van der Waals surface area contributed by atoms with Crippen molar-refractivity contribution in [1.82, 2.24) is 14.8 Å². The van der Waals surface area contributed by atoms with Crippen LogP contribution in [0.5, 0.6) is 0 Å². The minimum atomic E-state index is -0.632. The minimum Gasteiger partial charge on any atom is -0.357 e. The summed E-state index contributed by atoms with van der Waals surface area (Å²) in [6.45, 7) is 0.529. The molecule has 0 radical (unpaired) electrons. The lowest BCUT2D eigenvalue weighted by atomic mass is 9.90. The summed E-state index contributed by atoms with van der Waals surface area (Å²) in [4.78, 5) is 31.5. The first-order valence-electron chi connectivity index (χ1n) is 9.57. The molecule has 1 N–H and O–H groups in total. The molecule has 1 fully saturated rings. The van der Waals surface area contributed by atoms with Crippen LogP contribution in [0.2, 0.25) is 5.02 Å². The largest absolute Gasteiger partial charge is 0.357 e. The third kappa shape index (κ3) is 2.70. The summed E-state index contributed by atoms with van der Waals surface area (Å²) in [7, 11) is 1.49. The molecule has 2 aliphatic rings. The van der Waals surface area contributed by atoms with Crippen molar-refractivity contribution in [2.75, 3.05) is 13.6 Å². The molecule has 1 aromatic heterocycles. The van der Waals surface area contributed by atoms with Crippen molar-refractivity contribution in [2.45, 2.75) is 24.9 Å². The first-order chi connectivity index (χ1) is 14.0. The second-order valence-electron chi connectivity index (χ2n) is 7.60. The number of carbonyl (C=O) groups excluding carboxylic acids is 2. The van der Waals surface area contributed by atoms with Gasteiger partial charge >= 0.3 is 0 Å². The van der Waals surface area contributed by atoms with E-state index in [1.807, 2.05) is 29.2 Å². The molecule has 29 heavy (non-hydrogen) atoms. The van der Waals surface area contributed by atoms with E-state index in [0.29, 0.717) is 23.6 Å². The summed E-state index contributed by atoms with van der Waals surface area (Å²) in [5, 5.41) is 1.39. The first-order valence-corrected chi connectivity index (χ1v) is 9.94. The van der Waals surface area contributed by atoms with Gasteiger partial charge in [-0.05, 0) is 30.2 Å². The molecule has 5 rings (SSSR count). The number of hydrogen-bond donors (Lipinski definition) is 1. The standard InChI is InChI=1S/C22H19ClFN3O2/c1-26-18(28)11-17(22(26)29)27-10-9-13-12-5-2-3-8-16(12)25-20(13)21(27)19-14(23)6-4-7-15(19)24/h2-8,17,21,25H,9-11H2,1H3/t17-,21+/m1/s1. The molecule has 3 aromatic rings. The van der Waals surface area contributed by atoms with Gasteiger partial charge in [0.2, 0.25) is 11.8 Å². The third-order valence-corrected chi connectivity index (χ3v) is 6.43. The van der Waals surface area contributed by atoms with Crippen LogP contribution < -0.4 is 0 Å². The molecule has 0 spiro atoms. The quantitative estimate of drug-likeness (QED) is 0.655.